The molecular weight excluding hydrogens is 192 g/mol. The van der Waals surface area contributed by atoms with E-state index in [0.29, 0.717) is 0 Å². The summed E-state index contributed by atoms with van der Waals surface area (Å²) in [5, 5.41) is 0. The zero-order valence-electron chi connectivity index (χ0n) is 10.7. The lowest BCUT2D eigenvalue weighted by Crippen LogP contribution is -1.82. The maximum absolute atomic E-state index is 3.80. The maximum Gasteiger partial charge on any atom is -0.0161 e. The van der Waals surface area contributed by atoms with E-state index in [0.717, 1.165) is 11.1 Å². The van der Waals surface area contributed by atoms with Crippen molar-refractivity contribution in [2.24, 2.45) is 0 Å². The first-order chi connectivity index (χ1) is 7.71. The second-order valence-electron chi connectivity index (χ2n) is 3.58. The molecule has 0 radical (unpaired) electrons. The highest BCUT2D eigenvalue weighted by Gasteiger charge is 1.97. The molecule has 0 fully saturated rings. The van der Waals surface area contributed by atoms with Gasteiger partial charge in [-0.25, -0.2) is 0 Å². The number of hydrogen-bond acceptors (Lipinski definition) is 0. The maximum atomic E-state index is 3.80. The minimum atomic E-state index is 1.15. The fourth-order valence-corrected chi connectivity index (χ4v) is 1.23. The topological polar surface area (TPSA) is 0 Å². The van der Waals surface area contributed by atoms with Crippen LogP contribution in [0.25, 0.3) is 5.57 Å². The Morgan fingerprint density at radius 1 is 1.06 bits per heavy atom. The van der Waals surface area contributed by atoms with E-state index in [1.165, 1.54) is 12.0 Å². The van der Waals surface area contributed by atoms with Crippen molar-refractivity contribution < 1.29 is 0 Å². The molecule has 0 saturated heterocycles. The molecule has 0 heterocycles. The van der Waals surface area contributed by atoms with Crippen LogP contribution < -0.4 is 0 Å². The summed E-state index contributed by atoms with van der Waals surface area (Å²) in [6.07, 6.45) is 4.97. The average molecular weight is 214 g/mol. The van der Waals surface area contributed by atoms with Gasteiger partial charge in [0.05, 0.1) is 0 Å². The Morgan fingerprint density at radius 2 is 1.56 bits per heavy atom. The van der Waals surface area contributed by atoms with Gasteiger partial charge in [0.2, 0.25) is 0 Å². The SMILES string of the molecule is C=C/C(C)=C(\C=C)c1ccccc1.CCC. The van der Waals surface area contributed by atoms with Crippen molar-refractivity contribution in [3.63, 3.8) is 0 Å². The summed E-state index contributed by atoms with van der Waals surface area (Å²) in [7, 11) is 0. The van der Waals surface area contributed by atoms with Crippen molar-refractivity contribution in [2.45, 2.75) is 27.2 Å². The molecule has 0 spiro atoms. The van der Waals surface area contributed by atoms with Crippen molar-refractivity contribution in [1.82, 2.24) is 0 Å². The first-order valence-electron chi connectivity index (χ1n) is 5.72. The lowest BCUT2D eigenvalue weighted by atomic mass is 10.0. The highest BCUT2D eigenvalue weighted by molar-refractivity contribution is 5.77. The van der Waals surface area contributed by atoms with Crippen LogP contribution in [0, 0.1) is 0 Å². The molecule has 0 heteroatoms. The standard InChI is InChI=1S/C13H14.C3H8/c1-4-11(3)13(5-2)12-9-7-6-8-10-12;1-3-2/h4-10H,1-2H2,3H3;3H2,1-2H3/b13-11+;. The van der Waals surface area contributed by atoms with Crippen molar-refractivity contribution in [3.8, 4) is 0 Å². The van der Waals surface area contributed by atoms with E-state index in [9.17, 15) is 0 Å². The third-order valence-corrected chi connectivity index (χ3v) is 2.02. The van der Waals surface area contributed by atoms with Gasteiger partial charge in [-0.3, -0.25) is 0 Å². The molecule has 1 aromatic carbocycles. The van der Waals surface area contributed by atoms with Crippen LogP contribution in [0.1, 0.15) is 32.8 Å². The molecule has 0 atom stereocenters. The largest absolute Gasteiger partial charge is 0.0988 e. The van der Waals surface area contributed by atoms with Crippen molar-refractivity contribution in [2.75, 3.05) is 0 Å². The van der Waals surface area contributed by atoms with E-state index in [4.69, 9.17) is 0 Å². The van der Waals surface area contributed by atoms with Gasteiger partial charge in [0.1, 0.15) is 0 Å². The second-order valence-corrected chi connectivity index (χ2v) is 3.58. The van der Waals surface area contributed by atoms with E-state index >= 15 is 0 Å². The van der Waals surface area contributed by atoms with Crippen molar-refractivity contribution in [1.29, 1.82) is 0 Å². The molecule has 0 aromatic heterocycles. The minimum Gasteiger partial charge on any atom is -0.0988 e. The Labute approximate surface area is 100 Å². The predicted octanol–water partition coefficient (Wildman–Crippen LogP) is 5.25. The van der Waals surface area contributed by atoms with Crippen LogP contribution >= 0.6 is 0 Å². The molecule has 0 bridgehead atoms. The van der Waals surface area contributed by atoms with E-state index in [1.54, 1.807) is 0 Å². The van der Waals surface area contributed by atoms with Gasteiger partial charge in [-0.2, -0.15) is 0 Å². The molecule has 1 rings (SSSR count). The van der Waals surface area contributed by atoms with Crippen molar-refractivity contribution in [3.05, 3.63) is 66.8 Å². The molecule has 0 nitrogen and oxygen atoms in total. The molecule has 0 unspecified atom stereocenters. The van der Waals surface area contributed by atoms with Gasteiger partial charge in [-0.1, -0.05) is 75.9 Å². The van der Waals surface area contributed by atoms with Crippen LogP contribution in [0.4, 0.5) is 0 Å². The monoisotopic (exact) mass is 214 g/mol. The van der Waals surface area contributed by atoms with Crippen LogP contribution in [-0.2, 0) is 0 Å². The Hall–Kier alpha value is -1.56. The van der Waals surface area contributed by atoms with E-state index in [1.807, 2.05) is 37.3 Å². The zero-order valence-corrected chi connectivity index (χ0v) is 10.7. The van der Waals surface area contributed by atoms with Crippen LogP contribution in [0.3, 0.4) is 0 Å². The average Bonchev–Trinajstić information content (AvgIpc) is 2.32. The summed E-state index contributed by atoms with van der Waals surface area (Å²) in [5.74, 6) is 0. The summed E-state index contributed by atoms with van der Waals surface area (Å²) < 4.78 is 0. The predicted molar refractivity (Wildman–Crippen MR) is 75.4 cm³/mol. The molecule has 0 amide bonds. The summed E-state index contributed by atoms with van der Waals surface area (Å²) in [6, 6.07) is 10.2. The van der Waals surface area contributed by atoms with Gasteiger partial charge < -0.3 is 0 Å². The molecule has 0 aliphatic carbocycles. The summed E-state index contributed by atoms with van der Waals surface area (Å²) in [4.78, 5) is 0. The first kappa shape index (κ1) is 14.4. The third kappa shape index (κ3) is 4.79. The zero-order chi connectivity index (χ0) is 12.4. The molecule has 0 aliphatic rings. The van der Waals surface area contributed by atoms with E-state index < -0.39 is 0 Å². The van der Waals surface area contributed by atoms with Crippen LogP contribution in [0.5, 0.6) is 0 Å². The molecular formula is C16H22. The highest BCUT2D eigenvalue weighted by atomic mass is 14.0. The summed E-state index contributed by atoms with van der Waals surface area (Å²) in [6.45, 7) is 13.8. The Bertz CT molecular complexity index is 342. The summed E-state index contributed by atoms with van der Waals surface area (Å²) in [5.41, 5.74) is 3.49. The lowest BCUT2D eigenvalue weighted by Gasteiger charge is -2.04. The molecule has 0 N–H and O–H groups in total. The fourth-order valence-electron chi connectivity index (χ4n) is 1.23. The highest BCUT2D eigenvalue weighted by Crippen LogP contribution is 2.19. The number of hydrogen-bond donors (Lipinski definition) is 0. The smallest absolute Gasteiger partial charge is 0.0161 e. The Morgan fingerprint density at radius 3 is 1.94 bits per heavy atom. The van der Waals surface area contributed by atoms with Crippen LogP contribution in [0.2, 0.25) is 0 Å². The normalized spacial score (nSPS) is 10.7. The van der Waals surface area contributed by atoms with Crippen LogP contribution in [-0.4, -0.2) is 0 Å². The third-order valence-electron chi connectivity index (χ3n) is 2.02. The van der Waals surface area contributed by atoms with Gasteiger partial charge >= 0.3 is 0 Å². The van der Waals surface area contributed by atoms with Gasteiger partial charge in [-0.05, 0) is 23.6 Å². The quantitative estimate of drug-likeness (QED) is 0.603. The molecule has 0 aliphatic heterocycles. The fraction of sp³-hybridized carbons (Fsp3) is 0.250. The second kappa shape index (κ2) is 8.72. The summed E-state index contributed by atoms with van der Waals surface area (Å²) >= 11 is 0. The number of rotatable bonds is 3. The van der Waals surface area contributed by atoms with Gasteiger partial charge in [-0.15, -0.1) is 0 Å². The molecule has 1 aromatic rings. The van der Waals surface area contributed by atoms with E-state index in [-0.39, 0.29) is 0 Å². The lowest BCUT2D eigenvalue weighted by molar-refractivity contribution is 1.09. The van der Waals surface area contributed by atoms with Gasteiger partial charge in [0, 0.05) is 0 Å². The van der Waals surface area contributed by atoms with Gasteiger partial charge in [0.25, 0.3) is 0 Å². The molecule has 86 valence electrons. The Kier molecular flexibility index (Phi) is 7.87. The van der Waals surface area contributed by atoms with Gasteiger partial charge in [0.15, 0.2) is 0 Å². The molecule has 16 heavy (non-hydrogen) atoms. The minimum absolute atomic E-state index is 1.15. The first-order valence-corrected chi connectivity index (χ1v) is 5.72. The molecule has 0 saturated carbocycles. The Balaban J connectivity index is 0.000000673. The number of allylic oxidation sites excluding steroid dienone is 4. The van der Waals surface area contributed by atoms with Crippen molar-refractivity contribution >= 4 is 5.57 Å². The number of benzene rings is 1. The van der Waals surface area contributed by atoms with Crippen LogP contribution in [0.15, 0.2) is 61.2 Å². The van der Waals surface area contributed by atoms with E-state index in [2.05, 4.69) is 39.1 Å².